The Morgan fingerprint density at radius 3 is 3.18 bits per heavy atom. The van der Waals surface area contributed by atoms with Crippen LogP contribution in [0.3, 0.4) is 0 Å². The number of amides is 1. The summed E-state index contributed by atoms with van der Waals surface area (Å²) in [6, 6.07) is 1.91. The molecule has 1 fully saturated rings. The first-order valence-corrected chi connectivity index (χ1v) is 7.39. The molecular formula is C15H19N5O2. The lowest BCUT2D eigenvalue weighted by Gasteiger charge is -2.13. The fourth-order valence-electron chi connectivity index (χ4n) is 2.57. The normalized spacial score (nSPS) is 21.0. The lowest BCUT2D eigenvalue weighted by molar-refractivity contribution is -0.121. The third-order valence-corrected chi connectivity index (χ3v) is 3.87. The molecule has 2 aromatic heterocycles. The van der Waals surface area contributed by atoms with Crippen LogP contribution < -0.4 is 5.32 Å². The van der Waals surface area contributed by atoms with Gasteiger partial charge in [-0.3, -0.25) is 14.9 Å². The second-order valence-electron chi connectivity index (χ2n) is 5.48. The van der Waals surface area contributed by atoms with E-state index >= 15 is 0 Å². The third kappa shape index (κ3) is 3.48. The van der Waals surface area contributed by atoms with Gasteiger partial charge in [0.25, 0.3) is 0 Å². The highest BCUT2D eigenvalue weighted by atomic mass is 16.5. The summed E-state index contributed by atoms with van der Waals surface area (Å²) in [7, 11) is 0. The number of aryl methyl sites for hydroxylation is 1. The van der Waals surface area contributed by atoms with Crippen LogP contribution in [0.4, 0.5) is 0 Å². The molecule has 0 aromatic carbocycles. The van der Waals surface area contributed by atoms with E-state index in [2.05, 4.69) is 25.5 Å². The van der Waals surface area contributed by atoms with Gasteiger partial charge in [0.1, 0.15) is 12.4 Å². The molecular weight excluding hydrogens is 282 g/mol. The van der Waals surface area contributed by atoms with Gasteiger partial charge in [0.15, 0.2) is 5.82 Å². The molecule has 0 spiro atoms. The molecule has 2 N–H and O–H groups in total. The van der Waals surface area contributed by atoms with E-state index < -0.39 is 0 Å². The molecule has 3 rings (SSSR count). The topological polar surface area (TPSA) is 92.8 Å². The molecule has 22 heavy (non-hydrogen) atoms. The van der Waals surface area contributed by atoms with Crippen molar-refractivity contribution in [3.63, 3.8) is 0 Å². The van der Waals surface area contributed by atoms with Crippen LogP contribution in [0.2, 0.25) is 0 Å². The fourth-order valence-corrected chi connectivity index (χ4v) is 2.57. The van der Waals surface area contributed by atoms with Gasteiger partial charge in [0, 0.05) is 18.9 Å². The molecule has 1 amide bonds. The number of H-pyrrole nitrogens is 1. The number of nitrogens with one attached hydrogen (secondary N) is 2. The van der Waals surface area contributed by atoms with Crippen molar-refractivity contribution in [3.8, 4) is 0 Å². The maximum atomic E-state index is 12.0. The highest BCUT2D eigenvalue weighted by Gasteiger charge is 2.28. The standard InChI is InChI=1S/C15H19N5O2/c1-10-4-5-16-7-11(10)6-14(21)17-8-12-2-3-13(22-12)15-18-9-19-20-15/h4-5,7,9,12-13H,2-3,6,8H2,1H3,(H,17,21)(H,18,19,20)/t12-,13+/m1/s1. The second kappa shape index (κ2) is 6.65. The minimum atomic E-state index is -0.0510. The van der Waals surface area contributed by atoms with E-state index in [1.807, 2.05) is 13.0 Å². The second-order valence-corrected chi connectivity index (χ2v) is 5.48. The molecule has 1 saturated heterocycles. The van der Waals surface area contributed by atoms with Crippen molar-refractivity contribution in [3.05, 3.63) is 41.7 Å². The molecule has 3 heterocycles. The largest absolute Gasteiger partial charge is 0.365 e. The van der Waals surface area contributed by atoms with E-state index in [0.29, 0.717) is 13.0 Å². The van der Waals surface area contributed by atoms with E-state index in [9.17, 15) is 4.79 Å². The molecule has 0 radical (unpaired) electrons. The van der Waals surface area contributed by atoms with Gasteiger partial charge in [-0.25, -0.2) is 4.98 Å². The average molecular weight is 301 g/mol. The summed E-state index contributed by atoms with van der Waals surface area (Å²) in [5.74, 6) is 0.739. The lowest BCUT2D eigenvalue weighted by Crippen LogP contribution is -2.33. The SMILES string of the molecule is Cc1ccncc1CC(=O)NC[C@H]1CC[C@@H](c2ncn[nH]2)O1. The van der Waals surface area contributed by atoms with Crippen LogP contribution in [-0.2, 0) is 16.0 Å². The molecule has 116 valence electrons. The first kappa shape index (κ1) is 14.6. The fraction of sp³-hybridized carbons (Fsp3) is 0.467. The molecule has 0 bridgehead atoms. The van der Waals surface area contributed by atoms with Crippen LogP contribution in [0.25, 0.3) is 0 Å². The first-order chi connectivity index (χ1) is 10.7. The minimum Gasteiger partial charge on any atom is -0.365 e. The molecule has 2 aromatic rings. The molecule has 0 saturated carbocycles. The average Bonchev–Trinajstić information content (AvgIpc) is 3.18. The number of carbonyl (C=O) groups excluding carboxylic acids is 1. The summed E-state index contributed by atoms with van der Waals surface area (Å²) in [6.45, 7) is 2.50. The number of ether oxygens (including phenoxy) is 1. The Morgan fingerprint density at radius 1 is 1.50 bits per heavy atom. The zero-order valence-electron chi connectivity index (χ0n) is 12.5. The predicted molar refractivity (Wildman–Crippen MR) is 78.9 cm³/mol. The highest BCUT2D eigenvalue weighted by Crippen LogP contribution is 2.29. The van der Waals surface area contributed by atoms with Crippen LogP contribution >= 0.6 is 0 Å². The molecule has 1 aliphatic heterocycles. The van der Waals surface area contributed by atoms with E-state index in [1.165, 1.54) is 6.33 Å². The van der Waals surface area contributed by atoms with Gasteiger partial charge in [-0.1, -0.05) is 0 Å². The Bertz CT molecular complexity index is 629. The first-order valence-electron chi connectivity index (χ1n) is 7.39. The maximum Gasteiger partial charge on any atom is 0.224 e. The number of hydrogen-bond donors (Lipinski definition) is 2. The Labute approximate surface area is 128 Å². The summed E-state index contributed by atoms with van der Waals surface area (Å²) in [5, 5.41) is 9.58. The maximum absolute atomic E-state index is 12.0. The van der Waals surface area contributed by atoms with Crippen molar-refractivity contribution >= 4 is 5.91 Å². The highest BCUT2D eigenvalue weighted by molar-refractivity contribution is 5.78. The molecule has 7 nitrogen and oxygen atoms in total. The van der Waals surface area contributed by atoms with Crippen LogP contribution in [0, 0.1) is 6.92 Å². The van der Waals surface area contributed by atoms with Gasteiger partial charge < -0.3 is 10.1 Å². The summed E-state index contributed by atoms with van der Waals surface area (Å²) >= 11 is 0. The van der Waals surface area contributed by atoms with Crippen molar-refractivity contribution in [2.24, 2.45) is 0 Å². The van der Waals surface area contributed by atoms with E-state index in [1.54, 1.807) is 12.4 Å². The smallest absolute Gasteiger partial charge is 0.224 e. The zero-order chi connectivity index (χ0) is 15.4. The van der Waals surface area contributed by atoms with Crippen LogP contribution in [-0.4, -0.2) is 38.7 Å². The van der Waals surface area contributed by atoms with E-state index in [4.69, 9.17) is 4.74 Å². The molecule has 2 atom stereocenters. The Balaban J connectivity index is 1.45. The molecule has 7 heteroatoms. The summed E-state index contributed by atoms with van der Waals surface area (Å²) in [4.78, 5) is 20.2. The Morgan fingerprint density at radius 2 is 2.41 bits per heavy atom. The quantitative estimate of drug-likeness (QED) is 0.862. The monoisotopic (exact) mass is 301 g/mol. The summed E-state index contributed by atoms with van der Waals surface area (Å²) in [5.41, 5.74) is 2.03. The number of hydrogen-bond acceptors (Lipinski definition) is 5. The van der Waals surface area contributed by atoms with Crippen molar-refractivity contribution in [1.82, 2.24) is 25.5 Å². The minimum absolute atomic E-state index is 0.0113. The zero-order valence-corrected chi connectivity index (χ0v) is 12.5. The van der Waals surface area contributed by atoms with Crippen LogP contribution in [0.15, 0.2) is 24.8 Å². The van der Waals surface area contributed by atoms with Crippen LogP contribution in [0.1, 0.15) is 35.9 Å². The van der Waals surface area contributed by atoms with E-state index in [-0.39, 0.29) is 18.1 Å². The number of pyridine rings is 1. The van der Waals surface area contributed by atoms with Gasteiger partial charge in [0.2, 0.25) is 5.91 Å². The number of carbonyl (C=O) groups is 1. The summed E-state index contributed by atoms with van der Waals surface area (Å²) < 4.78 is 5.87. The van der Waals surface area contributed by atoms with Crippen molar-refractivity contribution in [2.45, 2.75) is 38.4 Å². The lowest BCUT2D eigenvalue weighted by atomic mass is 10.1. The third-order valence-electron chi connectivity index (χ3n) is 3.87. The Kier molecular flexibility index (Phi) is 4.43. The molecule has 0 aliphatic carbocycles. The number of aromatic nitrogens is 4. The number of rotatable bonds is 5. The molecule has 0 unspecified atom stereocenters. The van der Waals surface area contributed by atoms with Gasteiger partial charge in [-0.15, -0.1) is 0 Å². The van der Waals surface area contributed by atoms with Crippen molar-refractivity contribution < 1.29 is 9.53 Å². The molecule has 1 aliphatic rings. The van der Waals surface area contributed by atoms with Crippen molar-refractivity contribution in [1.29, 1.82) is 0 Å². The predicted octanol–water partition coefficient (Wildman–Crippen LogP) is 1.09. The van der Waals surface area contributed by atoms with Crippen LogP contribution in [0.5, 0.6) is 0 Å². The van der Waals surface area contributed by atoms with Gasteiger partial charge >= 0.3 is 0 Å². The van der Waals surface area contributed by atoms with Gasteiger partial charge in [-0.2, -0.15) is 5.10 Å². The van der Waals surface area contributed by atoms with E-state index in [0.717, 1.165) is 29.8 Å². The van der Waals surface area contributed by atoms with Crippen molar-refractivity contribution in [2.75, 3.05) is 6.54 Å². The number of aromatic amines is 1. The van der Waals surface area contributed by atoms with Gasteiger partial charge in [0.05, 0.1) is 12.5 Å². The van der Waals surface area contributed by atoms with Gasteiger partial charge in [-0.05, 0) is 37.0 Å². The summed E-state index contributed by atoms with van der Waals surface area (Å²) in [6.07, 6.45) is 7.05. The Hall–Kier alpha value is -2.28. The number of nitrogens with zero attached hydrogens (tertiary/aromatic N) is 3.